The highest BCUT2D eigenvalue weighted by Crippen LogP contribution is 2.25. The molecule has 0 radical (unpaired) electrons. The Morgan fingerprint density at radius 1 is 1.06 bits per heavy atom. The molecule has 2 aromatic carbocycles. The Labute approximate surface area is 185 Å². The lowest BCUT2D eigenvalue weighted by atomic mass is 10.2. The number of halogens is 1. The Hall–Kier alpha value is -2.75. The molecule has 0 aliphatic rings. The molecule has 0 saturated heterocycles. The van der Waals surface area contributed by atoms with Gasteiger partial charge in [0.1, 0.15) is 10.8 Å². The number of thioether (sulfide) groups is 1. The number of hydrogen-bond donors (Lipinski definition) is 1. The average Bonchev–Trinajstić information content (AvgIpc) is 2.77. The maximum absolute atomic E-state index is 13.1. The first-order chi connectivity index (χ1) is 14.8. The standard InChI is InChI=1S/C22H22FN3O3S2/c1-26(2)31(28,29)20-8-4-3-6-17(20)14-25-21(27)19-7-5-13-24-22(19)30-15-16-9-11-18(23)12-10-16/h3-13H,14-15H2,1-2H3,(H,25,27). The molecule has 1 amide bonds. The van der Waals surface area contributed by atoms with Crippen LogP contribution in [0.3, 0.4) is 0 Å². The molecule has 31 heavy (non-hydrogen) atoms. The van der Waals surface area contributed by atoms with E-state index in [-0.39, 0.29) is 23.2 Å². The van der Waals surface area contributed by atoms with Crippen molar-refractivity contribution < 1.29 is 17.6 Å². The van der Waals surface area contributed by atoms with Crippen LogP contribution in [-0.2, 0) is 22.3 Å². The smallest absolute Gasteiger partial charge is 0.254 e. The molecule has 3 aromatic rings. The van der Waals surface area contributed by atoms with Crippen molar-refractivity contribution in [3.05, 3.63) is 89.4 Å². The van der Waals surface area contributed by atoms with Crippen molar-refractivity contribution in [2.45, 2.75) is 22.2 Å². The molecule has 1 heterocycles. The summed E-state index contributed by atoms with van der Waals surface area (Å²) in [6.07, 6.45) is 1.60. The number of rotatable bonds is 8. The van der Waals surface area contributed by atoms with E-state index >= 15 is 0 Å². The SMILES string of the molecule is CN(C)S(=O)(=O)c1ccccc1CNC(=O)c1cccnc1SCc1ccc(F)cc1. The Morgan fingerprint density at radius 2 is 1.77 bits per heavy atom. The zero-order chi connectivity index (χ0) is 22.4. The fourth-order valence-corrected chi connectivity index (χ4v) is 4.84. The van der Waals surface area contributed by atoms with Crippen LogP contribution in [0, 0.1) is 5.82 Å². The Morgan fingerprint density at radius 3 is 2.48 bits per heavy atom. The molecule has 162 valence electrons. The number of amides is 1. The van der Waals surface area contributed by atoms with Gasteiger partial charge in [0.2, 0.25) is 10.0 Å². The van der Waals surface area contributed by atoms with E-state index in [1.54, 1.807) is 48.7 Å². The second-order valence-electron chi connectivity index (χ2n) is 6.85. The van der Waals surface area contributed by atoms with E-state index in [9.17, 15) is 17.6 Å². The summed E-state index contributed by atoms with van der Waals surface area (Å²) in [5.41, 5.74) is 1.79. The van der Waals surface area contributed by atoms with Crippen LogP contribution in [0.25, 0.3) is 0 Å². The predicted octanol–water partition coefficient (Wildman–Crippen LogP) is 3.69. The van der Waals surface area contributed by atoms with E-state index < -0.39 is 10.0 Å². The van der Waals surface area contributed by atoms with Crippen LogP contribution in [0.15, 0.2) is 76.8 Å². The van der Waals surface area contributed by atoms with Gasteiger partial charge in [-0.05, 0) is 41.5 Å². The van der Waals surface area contributed by atoms with Gasteiger partial charge >= 0.3 is 0 Å². The third-order valence-electron chi connectivity index (χ3n) is 4.48. The van der Waals surface area contributed by atoms with Gasteiger partial charge in [0, 0.05) is 32.6 Å². The molecule has 1 N–H and O–H groups in total. The summed E-state index contributed by atoms with van der Waals surface area (Å²) in [7, 11) is -0.705. The van der Waals surface area contributed by atoms with Crippen molar-refractivity contribution >= 4 is 27.7 Å². The van der Waals surface area contributed by atoms with E-state index in [2.05, 4.69) is 10.3 Å². The molecule has 0 atom stereocenters. The predicted molar refractivity (Wildman–Crippen MR) is 119 cm³/mol. The minimum absolute atomic E-state index is 0.0546. The van der Waals surface area contributed by atoms with E-state index in [0.717, 1.165) is 9.87 Å². The number of pyridine rings is 1. The first-order valence-corrected chi connectivity index (χ1v) is 11.8. The van der Waals surface area contributed by atoms with Crippen molar-refractivity contribution in [2.75, 3.05) is 14.1 Å². The molecule has 0 saturated carbocycles. The highest BCUT2D eigenvalue weighted by Gasteiger charge is 2.21. The van der Waals surface area contributed by atoms with E-state index in [1.165, 1.54) is 44.1 Å². The summed E-state index contributed by atoms with van der Waals surface area (Å²) >= 11 is 1.37. The Kier molecular flexibility index (Phi) is 7.42. The van der Waals surface area contributed by atoms with Crippen molar-refractivity contribution in [2.24, 2.45) is 0 Å². The molecule has 0 bridgehead atoms. The molecule has 1 aromatic heterocycles. The summed E-state index contributed by atoms with van der Waals surface area (Å²) in [6.45, 7) is 0.0546. The van der Waals surface area contributed by atoms with Gasteiger partial charge in [-0.1, -0.05) is 30.3 Å². The fourth-order valence-electron chi connectivity index (χ4n) is 2.78. The minimum Gasteiger partial charge on any atom is -0.348 e. The number of hydrogen-bond acceptors (Lipinski definition) is 5. The van der Waals surface area contributed by atoms with Crippen LogP contribution in [0.4, 0.5) is 4.39 Å². The number of aromatic nitrogens is 1. The average molecular weight is 460 g/mol. The lowest BCUT2D eigenvalue weighted by Crippen LogP contribution is -2.27. The Balaban J connectivity index is 1.73. The van der Waals surface area contributed by atoms with Crippen LogP contribution < -0.4 is 5.32 Å². The zero-order valence-electron chi connectivity index (χ0n) is 17.1. The lowest BCUT2D eigenvalue weighted by Gasteiger charge is -2.15. The van der Waals surface area contributed by atoms with Crippen LogP contribution in [-0.4, -0.2) is 37.7 Å². The molecule has 0 fully saturated rings. The molecule has 6 nitrogen and oxygen atoms in total. The maximum Gasteiger partial charge on any atom is 0.254 e. The van der Waals surface area contributed by atoms with Crippen molar-refractivity contribution in [3.8, 4) is 0 Å². The molecule has 0 aliphatic carbocycles. The van der Waals surface area contributed by atoms with Crippen molar-refractivity contribution in [3.63, 3.8) is 0 Å². The second-order valence-corrected chi connectivity index (χ2v) is 9.93. The van der Waals surface area contributed by atoms with Gasteiger partial charge in [-0.15, -0.1) is 11.8 Å². The van der Waals surface area contributed by atoms with Crippen LogP contribution >= 0.6 is 11.8 Å². The fraction of sp³-hybridized carbons (Fsp3) is 0.182. The summed E-state index contributed by atoms with van der Waals surface area (Å²) in [6, 6.07) is 16.0. The van der Waals surface area contributed by atoms with Crippen LogP contribution in [0.5, 0.6) is 0 Å². The molecule has 0 unspecified atom stereocenters. The normalized spacial score (nSPS) is 11.5. The third-order valence-corrected chi connectivity index (χ3v) is 7.47. The summed E-state index contributed by atoms with van der Waals surface area (Å²) in [5.74, 6) is -0.128. The second kappa shape index (κ2) is 10.0. The lowest BCUT2D eigenvalue weighted by molar-refractivity contribution is 0.0947. The zero-order valence-corrected chi connectivity index (χ0v) is 18.7. The van der Waals surface area contributed by atoms with Gasteiger partial charge in [-0.3, -0.25) is 4.79 Å². The van der Waals surface area contributed by atoms with Gasteiger partial charge in [0.25, 0.3) is 5.91 Å². The van der Waals surface area contributed by atoms with E-state index in [4.69, 9.17) is 0 Å². The number of nitrogens with one attached hydrogen (secondary N) is 1. The number of carbonyl (C=O) groups is 1. The number of sulfonamides is 1. The molecular weight excluding hydrogens is 437 g/mol. The largest absolute Gasteiger partial charge is 0.348 e. The quantitative estimate of drug-likeness (QED) is 0.520. The van der Waals surface area contributed by atoms with Gasteiger partial charge in [-0.2, -0.15) is 0 Å². The van der Waals surface area contributed by atoms with Gasteiger partial charge < -0.3 is 5.32 Å². The first kappa shape index (κ1) is 22.9. The third kappa shape index (κ3) is 5.69. The highest BCUT2D eigenvalue weighted by molar-refractivity contribution is 7.98. The van der Waals surface area contributed by atoms with Crippen molar-refractivity contribution in [1.82, 2.24) is 14.6 Å². The monoisotopic (exact) mass is 459 g/mol. The first-order valence-electron chi connectivity index (χ1n) is 9.40. The molecular formula is C22H22FN3O3S2. The topological polar surface area (TPSA) is 79.4 Å². The number of carbonyl (C=O) groups excluding carboxylic acids is 1. The van der Waals surface area contributed by atoms with Crippen LogP contribution in [0.1, 0.15) is 21.5 Å². The summed E-state index contributed by atoms with van der Waals surface area (Å²) < 4.78 is 39.3. The van der Waals surface area contributed by atoms with E-state index in [0.29, 0.717) is 21.9 Å². The maximum atomic E-state index is 13.1. The molecule has 0 spiro atoms. The molecule has 3 rings (SSSR count). The summed E-state index contributed by atoms with van der Waals surface area (Å²) in [5, 5.41) is 3.33. The van der Waals surface area contributed by atoms with Crippen molar-refractivity contribution in [1.29, 1.82) is 0 Å². The molecule has 9 heteroatoms. The molecule has 0 aliphatic heterocycles. The number of nitrogens with zero attached hydrogens (tertiary/aromatic N) is 2. The van der Waals surface area contributed by atoms with E-state index in [1.807, 2.05) is 0 Å². The summed E-state index contributed by atoms with van der Waals surface area (Å²) in [4.78, 5) is 17.3. The van der Waals surface area contributed by atoms with Crippen LogP contribution in [0.2, 0.25) is 0 Å². The van der Waals surface area contributed by atoms with Gasteiger partial charge in [0.15, 0.2) is 0 Å². The minimum atomic E-state index is -3.63. The Bertz CT molecular complexity index is 1170. The van der Waals surface area contributed by atoms with Gasteiger partial charge in [-0.25, -0.2) is 22.1 Å². The number of benzene rings is 2. The van der Waals surface area contributed by atoms with Gasteiger partial charge in [0.05, 0.1) is 10.5 Å². The highest BCUT2D eigenvalue weighted by atomic mass is 32.2.